The van der Waals surface area contributed by atoms with Gasteiger partial charge in [-0.1, -0.05) is 61.9 Å². The van der Waals surface area contributed by atoms with E-state index in [1.807, 2.05) is 0 Å². The maximum Gasteiger partial charge on any atom is 1.00 e. The van der Waals surface area contributed by atoms with Gasteiger partial charge in [-0.15, -0.1) is 0 Å². The van der Waals surface area contributed by atoms with Gasteiger partial charge in [0.05, 0.1) is 6.61 Å². The Hall–Kier alpha value is 1.32. The van der Waals surface area contributed by atoms with Gasteiger partial charge in [0.1, 0.15) is 34.9 Å². The summed E-state index contributed by atoms with van der Waals surface area (Å²) in [5, 5.41) is 42.6. The minimum absolute atomic E-state index is 0. The second-order valence-electron chi connectivity index (χ2n) is 7.99. The Kier molecular flexibility index (Phi) is 20.1. The molecule has 34 heavy (non-hydrogen) atoms. The molecule has 0 aromatic heterocycles. The Morgan fingerprint density at radius 3 is 2.03 bits per heavy atom. The van der Waals surface area contributed by atoms with Crippen LogP contribution in [0.1, 0.15) is 64.2 Å². The number of nitrogens with zero attached hydrogens (tertiary/aromatic N) is 1. The van der Waals surface area contributed by atoms with Crippen molar-refractivity contribution < 1.29 is 98.0 Å². The van der Waals surface area contributed by atoms with Crippen LogP contribution in [0.4, 0.5) is 0 Å². The number of ether oxygens (including phenoxy) is 1. The van der Waals surface area contributed by atoms with E-state index in [1.165, 1.54) is 0 Å². The molecule has 0 aromatic carbocycles. The van der Waals surface area contributed by atoms with Crippen LogP contribution in [0.25, 0.3) is 0 Å². The zero-order valence-corrected chi connectivity index (χ0v) is 25.4. The zero-order chi connectivity index (χ0) is 24.9. The van der Waals surface area contributed by atoms with Crippen molar-refractivity contribution in [1.29, 1.82) is 0 Å². The molecule has 4 N–H and O–H groups in total. The Labute approximate surface area is 251 Å². The van der Waals surface area contributed by atoms with E-state index in [0.717, 1.165) is 68.9 Å². The standard InChI is InChI=1S/C19H37NO10S3.K/c1-32(25)12-10-8-6-4-2-3-5-7-9-11-15(20-30-33(26,27)28)31-19-18(24)17(23)16(22)14(13-21)29-19;/h14,16-19,21-24H,2-13H2,1H3,(H,26,27,28);/q;+1/p-1/b20-15+;/t14-,16-,17+,18-,19+,32?;/m1./s1. The number of aliphatic hydroxyl groups excluding tert-OH is 4. The van der Waals surface area contributed by atoms with Gasteiger partial charge in [0.15, 0.2) is 0 Å². The van der Waals surface area contributed by atoms with E-state index >= 15 is 0 Å². The minimum Gasteiger partial charge on any atom is -0.714 e. The zero-order valence-electron chi connectivity index (χ0n) is 19.8. The Bertz CT molecular complexity index is 710. The molecule has 0 amide bonds. The summed E-state index contributed by atoms with van der Waals surface area (Å²) in [5.74, 6) is 0.752. The van der Waals surface area contributed by atoms with Crippen molar-refractivity contribution in [3.8, 4) is 0 Å². The van der Waals surface area contributed by atoms with E-state index in [9.17, 15) is 37.6 Å². The smallest absolute Gasteiger partial charge is 0.714 e. The third kappa shape index (κ3) is 15.5. The van der Waals surface area contributed by atoms with E-state index in [-0.39, 0.29) is 62.8 Å². The van der Waals surface area contributed by atoms with Crippen LogP contribution >= 0.6 is 11.8 Å². The van der Waals surface area contributed by atoms with Gasteiger partial charge < -0.3 is 29.7 Å². The second-order valence-corrected chi connectivity index (χ2v) is 11.7. The van der Waals surface area contributed by atoms with Gasteiger partial charge in [0, 0.05) is 22.8 Å². The first-order chi connectivity index (χ1) is 15.5. The van der Waals surface area contributed by atoms with Crippen LogP contribution in [-0.4, -0.2) is 91.1 Å². The second kappa shape index (κ2) is 19.4. The van der Waals surface area contributed by atoms with E-state index in [2.05, 4.69) is 9.44 Å². The van der Waals surface area contributed by atoms with Crippen LogP contribution in [0.5, 0.6) is 0 Å². The fourth-order valence-electron chi connectivity index (χ4n) is 3.33. The Morgan fingerprint density at radius 1 is 1.00 bits per heavy atom. The van der Waals surface area contributed by atoms with Gasteiger partial charge in [0.25, 0.3) is 10.4 Å². The number of thioether (sulfide) groups is 1. The molecule has 0 aromatic rings. The number of aliphatic hydroxyl groups is 4. The first-order valence-corrected chi connectivity index (χ1v) is 15.0. The van der Waals surface area contributed by atoms with Crippen molar-refractivity contribution in [3.63, 3.8) is 0 Å². The SMILES string of the molecule is CS(=O)CCCCCCCCCCC/C(=N\OS(=O)(=O)[O-])S[C@@H]1O[C@H](CO)[C@@H](O)[C@H](O)[C@H]1O.[K+]. The quantitative estimate of drug-likeness (QED) is 0.0293. The molecule has 15 heteroatoms. The summed E-state index contributed by atoms with van der Waals surface area (Å²) < 4.78 is 52.7. The number of oxime groups is 1. The van der Waals surface area contributed by atoms with Crippen LogP contribution < -0.4 is 51.4 Å². The fraction of sp³-hybridized carbons (Fsp3) is 0.947. The first-order valence-electron chi connectivity index (χ1n) is 11.0. The van der Waals surface area contributed by atoms with Gasteiger partial charge in [-0.3, -0.25) is 8.49 Å². The summed E-state index contributed by atoms with van der Waals surface area (Å²) in [6, 6.07) is 0. The topological polar surface area (TPSA) is 186 Å². The molecule has 196 valence electrons. The molecule has 0 radical (unpaired) electrons. The van der Waals surface area contributed by atoms with Gasteiger partial charge in [0.2, 0.25) is 0 Å². The maximum absolute atomic E-state index is 11.0. The van der Waals surface area contributed by atoms with E-state index in [0.29, 0.717) is 6.42 Å². The molecular weight excluding hydrogens is 538 g/mol. The predicted octanol–water partition coefficient (Wildman–Crippen LogP) is -2.41. The molecule has 0 saturated carbocycles. The van der Waals surface area contributed by atoms with Crippen LogP contribution in [-0.2, 0) is 30.2 Å². The fourth-order valence-corrected chi connectivity index (χ4v) is 5.28. The van der Waals surface area contributed by atoms with Crippen LogP contribution in [0, 0.1) is 0 Å². The van der Waals surface area contributed by atoms with E-state index < -0.39 is 57.7 Å². The van der Waals surface area contributed by atoms with Gasteiger partial charge in [-0.25, -0.2) is 0 Å². The predicted molar refractivity (Wildman–Crippen MR) is 125 cm³/mol. The summed E-state index contributed by atoms with van der Waals surface area (Å²) >= 11 is 0.766. The number of hydrogen-bond acceptors (Lipinski definition) is 12. The summed E-state index contributed by atoms with van der Waals surface area (Å²) in [6.07, 6.45) is 5.05. The number of rotatable bonds is 16. The maximum atomic E-state index is 11.0. The van der Waals surface area contributed by atoms with E-state index in [4.69, 9.17) is 4.74 Å². The van der Waals surface area contributed by atoms with Crippen molar-refractivity contribution in [2.24, 2.45) is 5.16 Å². The molecule has 1 saturated heterocycles. The number of hydrogen-bond donors (Lipinski definition) is 4. The molecule has 11 nitrogen and oxygen atoms in total. The van der Waals surface area contributed by atoms with Crippen LogP contribution in [0.2, 0.25) is 0 Å². The normalized spacial score (nSPS) is 26.6. The molecule has 1 aliphatic heterocycles. The van der Waals surface area contributed by atoms with Crippen LogP contribution in [0.15, 0.2) is 5.16 Å². The molecule has 1 rings (SSSR count). The molecule has 1 fully saturated rings. The molecule has 1 aliphatic rings. The van der Waals surface area contributed by atoms with Crippen molar-refractivity contribution in [2.45, 2.75) is 94.1 Å². The third-order valence-electron chi connectivity index (χ3n) is 5.15. The average molecular weight is 574 g/mol. The average Bonchev–Trinajstić information content (AvgIpc) is 2.74. The van der Waals surface area contributed by atoms with Gasteiger partial charge in [-0.2, -0.15) is 8.42 Å². The summed E-state index contributed by atoms with van der Waals surface area (Å²) in [5.41, 5.74) is -1.15. The molecule has 0 spiro atoms. The Morgan fingerprint density at radius 2 is 1.53 bits per heavy atom. The summed E-state index contributed by atoms with van der Waals surface area (Å²) in [6.45, 7) is -0.599. The molecule has 6 atom stereocenters. The minimum atomic E-state index is -5.07. The monoisotopic (exact) mass is 573 g/mol. The van der Waals surface area contributed by atoms with Gasteiger partial charge in [-0.05, 0) is 19.3 Å². The summed E-state index contributed by atoms with van der Waals surface area (Å²) in [7, 11) is -5.79. The first kappa shape index (κ1) is 35.3. The third-order valence-corrected chi connectivity index (χ3v) is 7.45. The Balaban J connectivity index is 0.0000109. The summed E-state index contributed by atoms with van der Waals surface area (Å²) in [4.78, 5) is 0. The van der Waals surface area contributed by atoms with Crippen molar-refractivity contribution in [2.75, 3.05) is 18.6 Å². The van der Waals surface area contributed by atoms with Gasteiger partial charge >= 0.3 is 51.4 Å². The molecular formula is C19H36KNO10S3. The molecule has 1 unspecified atom stereocenters. The van der Waals surface area contributed by atoms with Crippen molar-refractivity contribution in [1.82, 2.24) is 0 Å². The largest absolute Gasteiger partial charge is 1.00 e. The molecule has 1 heterocycles. The van der Waals surface area contributed by atoms with Crippen molar-refractivity contribution >= 4 is 38.0 Å². The molecule has 0 bridgehead atoms. The van der Waals surface area contributed by atoms with Crippen molar-refractivity contribution in [3.05, 3.63) is 0 Å². The number of unbranched alkanes of at least 4 members (excludes halogenated alkanes) is 8. The van der Waals surface area contributed by atoms with E-state index in [1.54, 1.807) is 6.26 Å². The molecule has 0 aliphatic carbocycles. The van der Waals surface area contributed by atoms with Crippen LogP contribution in [0.3, 0.4) is 0 Å².